The van der Waals surface area contributed by atoms with Crippen LogP contribution in [0.15, 0.2) is 104 Å². The summed E-state index contributed by atoms with van der Waals surface area (Å²) in [6.07, 6.45) is 0.199. The number of fused-ring (bicyclic) bond motifs is 2. The Hall–Kier alpha value is -5.60. The number of hydrogen-bond donors (Lipinski definition) is 4. The Morgan fingerprint density at radius 1 is 0.617 bits per heavy atom. The van der Waals surface area contributed by atoms with E-state index in [0.717, 1.165) is 23.5 Å². The van der Waals surface area contributed by atoms with Crippen molar-refractivity contribution in [2.24, 2.45) is 0 Å². The van der Waals surface area contributed by atoms with E-state index in [2.05, 4.69) is 20.6 Å². The maximum Gasteiger partial charge on any atom is 0.337 e. The number of carboxylic acids is 2. The molecule has 0 aliphatic rings. The van der Waals surface area contributed by atoms with Gasteiger partial charge in [0.05, 0.1) is 34.0 Å². The van der Waals surface area contributed by atoms with E-state index in [1.165, 1.54) is 24.3 Å². The highest BCUT2D eigenvalue weighted by atomic mass is 32.2. The third-order valence-corrected chi connectivity index (χ3v) is 8.44. The van der Waals surface area contributed by atoms with Gasteiger partial charge < -0.3 is 29.7 Å². The topological polar surface area (TPSA) is 185 Å². The third kappa shape index (κ3) is 7.62. The van der Waals surface area contributed by atoms with Crippen LogP contribution >= 0.6 is 23.5 Å². The highest BCUT2D eigenvalue weighted by Gasteiger charge is 2.18. The van der Waals surface area contributed by atoms with Crippen LogP contribution in [-0.2, 0) is 16.0 Å². The predicted molar refractivity (Wildman–Crippen MR) is 176 cm³/mol. The summed E-state index contributed by atoms with van der Waals surface area (Å²) in [6.45, 7) is 0. The molecule has 4 N–H and O–H groups in total. The highest BCUT2D eigenvalue weighted by molar-refractivity contribution is 8.00. The summed E-state index contributed by atoms with van der Waals surface area (Å²) in [6, 6.07) is 23.5. The third-order valence-electron chi connectivity index (χ3n) is 6.79. The summed E-state index contributed by atoms with van der Waals surface area (Å²) in [4.78, 5) is 58.0. The fourth-order valence-electron chi connectivity index (χ4n) is 4.66. The van der Waals surface area contributed by atoms with Crippen LogP contribution in [0.3, 0.4) is 0 Å². The molecule has 14 heteroatoms. The number of rotatable bonds is 12. The van der Waals surface area contributed by atoms with Crippen molar-refractivity contribution in [2.45, 2.75) is 16.9 Å². The Bertz CT molecular complexity index is 1940. The van der Waals surface area contributed by atoms with Crippen molar-refractivity contribution in [3.05, 3.63) is 107 Å². The number of amides is 2. The van der Waals surface area contributed by atoms with E-state index in [-0.39, 0.29) is 40.4 Å². The number of carbonyl (C=O) groups excluding carboxylic acids is 2. The molecule has 6 rings (SSSR count). The SMILES string of the molecule is O=C(CSc1nc2ccccc2o1)Nc1ccc(Cc2ccc(NC(=O)CSc3nc4ccccc4o3)c(C(=O)O)c2)cc1C(=O)O. The van der Waals surface area contributed by atoms with Crippen molar-refractivity contribution in [3.8, 4) is 0 Å². The number of carboxylic acid groups (broad SMARTS) is 2. The number of nitrogens with one attached hydrogen (secondary N) is 2. The van der Waals surface area contributed by atoms with Crippen molar-refractivity contribution >= 4 is 80.9 Å². The van der Waals surface area contributed by atoms with E-state index in [1.54, 1.807) is 36.4 Å². The first-order valence-electron chi connectivity index (χ1n) is 14.0. The zero-order valence-electron chi connectivity index (χ0n) is 24.3. The monoisotopic (exact) mass is 668 g/mol. The van der Waals surface area contributed by atoms with Gasteiger partial charge in [-0.25, -0.2) is 19.6 Å². The lowest BCUT2D eigenvalue weighted by molar-refractivity contribution is -0.114. The minimum atomic E-state index is -1.24. The Labute approximate surface area is 274 Å². The van der Waals surface area contributed by atoms with Gasteiger partial charge in [0.25, 0.3) is 10.4 Å². The minimum Gasteiger partial charge on any atom is -0.478 e. The summed E-state index contributed by atoms with van der Waals surface area (Å²) in [5.41, 5.74) is 3.66. The molecule has 2 amide bonds. The average Bonchev–Trinajstić information content (AvgIpc) is 3.68. The molecular weight excluding hydrogens is 645 g/mol. The molecule has 0 bridgehead atoms. The number of anilines is 2. The zero-order chi connectivity index (χ0) is 32.9. The molecule has 0 saturated heterocycles. The Morgan fingerprint density at radius 2 is 1.04 bits per heavy atom. The second-order valence-electron chi connectivity index (χ2n) is 10.1. The summed E-state index contributed by atoms with van der Waals surface area (Å²) in [5, 5.41) is 25.6. The Morgan fingerprint density at radius 3 is 1.45 bits per heavy atom. The van der Waals surface area contributed by atoms with Crippen molar-refractivity contribution in [1.82, 2.24) is 9.97 Å². The molecule has 0 aliphatic carbocycles. The standard InChI is InChI=1S/C33H24N4O8S2/c38-28(16-46-32-36-24-5-1-3-7-26(24)44-32)34-22-11-9-18(14-20(22)30(40)41)13-19-10-12-23(21(15-19)31(42)43)35-29(39)17-47-33-37-25-6-2-4-8-27(25)45-33/h1-12,14-15H,13,16-17H2,(H,34,38)(H,35,39)(H,40,41)(H,42,43). The molecule has 0 radical (unpaired) electrons. The van der Waals surface area contributed by atoms with Gasteiger partial charge in [-0.2, -0.15) is 0 Å². The average molecular weight is 669 g/mol. The van der Waals surface area contributed by atoms with Gasteiger partial charge >= 0.3 is 11.9 Å². The van der Waals surface area contributed by atoms with Crippen molar-refractivity contribution in [3.63, 3.8) is 0 Å². The summed E-state index contributed by atoms with van der Waals surface area (Å²) in [5.74, 6) is -3.47. The van der Waals surface area contributed by atoms with Crippen LogP contribution < -0.4 is 10.6 Å². The molecule has 0 spiro atoms. The second-order valence-corrected chi connectivity index (χ2v) is 12.0. The summed E-state index contributed by atoms with van der Waals surface area (Å²) in [7, 11) is 0. The van der Waals surface area contributed by atoms with Gasteiger partial charge in [0, 0.05) is 0 Å². The number of aromatic nitrogens is 2. The van der Waals surface area contributed by atoms with Crippen molar-refractivity contribution in [2.75, 3.05) is 22.1 Å². The normalized spacial score (nSPS) is 11.1. The first-order valence-corrected chi connectivity index (χ1v) is 16.0. The fraction of sp³-hybridized carbons (Fsp3) is 0.0909. The zero-order valence-corrected chi connectivity index (χ0v) is 25.9. The van der Waals surface area contributed by atoms with Crippen molar-refractivity contribution in [1.29, 1.82) is 0 Å². The number of para-hydroxylation sites is 4. The number of aromatic carboxylic acids is 2. The molecule has 2 heterocycles. The summed E-state index contributed by atoms with van der Waals surface area (Å²) >= 11 is 2.17. The van der Waals surface area contributed by atoms with Crippen molar-refractivity contribution < 1.29 is 38.2 Å². The predicted octanol–water partition coefficient (Wildman–Crippen LogP) is 6.42. The molecule has 0 saturated carbocycles. The number of hydrogen-bond acceptors (Lipinski definition) is 10. The Kier molecular flexibility index (Phi) is 9.22. The lowest BCUT2D eigenvalue weighted by atomic mass is 9.99. The molecule has 0 unspecified atom stereocenters. The van der Waals surface area contributed by atoms with Gasteiger partial charge in [-0.15, -0.1) is 0 Å². The van der Waals surface area contributed by atoms with Crippen LogP contribution in [0.4, 0.5) is 11.4 Å². The van der Waals surface area contributed by atoms with E-state index >= 15 is 0 Å². The van der Waals surface area contributed by atoms with Gasteiger partial charge in [-0.3, -0.25) is 9.59 Å². The molecular formula is C33H24N4O8S2. The fourth-order valence-corrected chi connectivity index (χ4v) is 5.94. The van der Waals surface area contributed by atoms with Crippen LogP contribution in [0.2, 0.25) is 0 Å². The molecule has 0 atom stereocenters. The number of carbonyl (C=O) groups is 4. The van der Waals surface area contributed by atoms with E-state index in [1.807, 2.05) is 24.3 Å². The van der Waals surface area contributed by atoms with Gasteiger partial charge in [0.1, 0.15) is 11.0 Å². The van der Waals surface area contributed by atoms with E-state index < -0.39 is 23.8 Å². The first kappa shape index (κ1) is 31.4. The van der Waals surface area contributed by atoms with Crippen LogP contribution in [0.5, 0.6) is 0 Å². The molecule has 47 heavy (non-hydrogen) atoms. The molecule has 6 aromatic rings. The lowest BCUT2D eigenvalue weighted by Gasteiger charge is -2.12. The maximum atomic E-state index is 12.6. The van der Waals surface area contributed by atoms with Gasteiger partial charge in [-0.05, 0) is 66.1 Å². The quantitative estimate of drug-likeness (QED) is 0.105. The molecule has 236 valence electrons. The van der Waals surface area contributed by atoms with E-state index in [0.29, 0.717) is 43.8 Å². The van der Waals surface area contributed by atoms with Crippen LogP contribution in [0.1, 0.15) is 31.8 Å². The van der Waals surface area contributed by atoms with Gasteiger partial charge in [0.2, 0.25) is 11.8 Å². The van der Waals surface area contributed by atoms with E-state index in [9.17, 15) is 29.4 Å². The largest absolute Gasteiger partial charge is 0.478 e. The van der Waals surface area contributed by atoms with Gasteiger partial charge in [0.15, 0.2) is 11.2 Å². The van der Waals surface area contributed by atoms with Crippen LogP contribution in [0, 0.1) is 0 Å². The Balaban J connectivity index is 1.09. The number of nitrogens with zero attached hydrogens (tertiary/aromatic N) is 2. The first-order chi connectivity index (χ1) is 22.7. The molecule has 2 aromatic heterocycles. The summed E-state index contributed by atoms with van der Waals surface area (Å²) < 4.78 is 11.2. The highest BCUT2D eigenvalue weighted by Crippen LogP contribution is 2.27. The molecule has 0 fully saturated rings. The van der Waals surface area contributed by atoms with Crippen LogP contribution in [-0.4, -0.2) is 55.4 Å². The number of oxazole rings is 2. The molecule has 0 aliphatic heterocycles. The molecule has 4 aromatic carbocycles. The van der Waals surface area contributed by atoms with Gasteiger partial charge in [-0.1, -0.05) is 59.9 Å². The smallest absolute Gasteiger partial charge is 0.337 e. The lowest BCUT2D eigenvalue weighted by Crippen LogP contribution is -2.17. The number of thioether (sulfide) groups is 2. The minimum absolute atomic E-state index is 0.0516. The maximum absolute atomic E-state index is 12.6. The van der Waals surface area contributed by atoms with Crippen LogP contribution in [0.25, 0.3) is 22.2 Å². The second kappa shape index (κ2) is 13.8. The molecule has 12 nitrogen and oxygen atoms in total. The number of benzene rings is 4. The van der Waals surface area contributed by atoms with E-state index in [4.69, 9.17) is 8.83 Å².